The van der Waals surface area contributed by atoms with Gasteiger partial charge in [-0.1, -0.05) is 18.2 Å². The average molecular weight is 340 g/mol. The normalized spacial score (nSPS) is 14.7. The second-order valence-electron chi connectivity index (χ2n) is 5.78. The summed E-state index contributed by atoms with van der Waals surface area (Å²) in [5.74, 6) is -0.00384. The zero-order chi connectivity index (χ0) is 17.6. The summed E-state index contributed by atoms with van der Waals surface area (Å²) in [6.45, 7) is 7.20. The van der Waals surface area contributed by atoms with Crippen molar-refractivity contribution in [2.45, 2.75) is 25.9 Å². The number of carbonyl (C=O) groups excluding carboxylic acids is 1. The van der Waals surface area contributed by atoms with Gasteiger partial charge in [0.05, 0.1) is 12.1 Å². The van der Waals surface area contributed by atoms with Crippen molar-refractivity contribution in [2.75, 3.05) is 19.4 Å². The minimum Gasteiger partial charge on any atom is -0.394 e. The average Bonchev–Trinajstić information content (AvgIpc) is 2.55. The van der Waals surface area contributed by atoms with Crippen LogP contribution in [-0.4, -0.2) is 41.0 Å². The third kappa shape index (κ3) is 4.26. The van der Waals surface area contributed by atoms with Crippen LogP contribution < -0.4 is 5.32 Å². The van der Waals surface area contributed by atoms with E-state index >= 15 is 0 Å². The predicted octanol–water partition coefficient (Wildman–Crippen LogP) is 2.76. The molecule has 0 radical (unpaired) electrons. The first kappa shape index (κ1) is 19.5. The molecule has 0 aliphatic heterocycles. The van der Waals surface area contributed by atoms with Crippen LogP contribution in [0.1, 0.15) is 18.1 Å². The lowest BCUT2D eigenvalue weighted by atomic mass is 9.86. The molecule has 0 saturated heterocycles. The SMILES string of the molecule is C=CC(CS)[C@](C)(CO)N(C)C(=O)NCc1cccc(F)c1C. The zero-order valence-corrected chi connectivity index (χ0v) is 14.7. The molecule has 2 amide bonds. The molecule has 2 N–H and O–H groups in total. The molecular weight excluding hydrogens is 315 g/mol. The lowest BCUT2D eigenvalue weighted by Gasteiger charge is -2.41. The highest BCUT2D eigenvalue weighted by molar-refractivity contribution is 7.80. The molecule has 0 bridgehead atoms. The molecule has 1 aromatic carbocycles. The van der Waals surface area contributed by atoms with Crippen molar-refractivity contribution in [1.29, 1.82) is 0 Å². The molecular formula is C17H25FN2O2S. The summed E-state index contributed by atoms with van der Waals surface area (Å²) in [6.07, 6.45) is 1.68. The molecule has 6 heteroatoms. The third-order valence-electron chi connectivity index (χ3n) is 4.48. The molecule has 128 valence electrons. The maximum absolute atomic E-state index is 13.5. The number of rotatable bonds is 7. The van der Waals surface area contributed by atoms with E-state index in [9.17, 15) is 14.3 Å². The van der Waals surface area contributed by atoms with Crippen LogP contribution in [0, 0.1) is 18.7 Å². The molecule has 0 aliphatic carbocycles. The Hall–Kier alpha value is -1.53. The predicted molar refractivity (Wildman–Crippen MR) is 94.2 cm³/mol. The number of nitrogens with zero attached hydrogens (tertiary/aromatic N) is 1. The number of thiol groups is 1. The lowest BCUT2D eigenvalue weighted by Crippen LogP contribution is -2.57. The van der Waals surface area contributed by atoms with Crippen molar-refractivity contribution in [3.05, 3.63) is 47.8 Å². The van der Waals surface area contributed by atoms with E-state index in [0.29, 0.717) is 16.9 Å². The first-order valence-corrected chi connectivity index (χ1v) is 8.05. The number of hydrogen-bond acceptors (Lipinski definition) is 3. The van der Waals surface area contributed by atoms with Gasteiger partial charge in [0.1, 0.15) is 5.82 Å². The van der Waals surface area contributed by atoms with Gasteiger partial charge in [-0.2, -0.15) is 12.6 Å². The Balaban J connectivity index is 2.83. The summed E-state index contributed by atoms with van der Waals surface area (Å²) in [5.41, 5.74) is 0.413. The molecule has 0 fully saturated rings. The van der Waals surface area contributed by atoms with E-state index in [0.717, 1.165) is 0 Å². The molecule has 0 spiro atoms. The number of likely N-dealkylation sites (N-methyl/N-ethyl adjacent to an activating group) is 1. The van der Waals surface area contributed by atoms with Gasteiger partial charge in [0.25, 0.3) is 0 Å². The maximum atomic E-state index is 13.5. The Labute approximate surface area is 142 Å². The van der Waals surface area contributed by atoms with E-state index in [4.69, 9.17) is 0 Å². The van der Waals surface area contributed by atoms with Gasteiger partial charge in [-0.05, 0) is 36.8 Å². The molecule has 0 saturated carbocycles. The molecule has 23 heavy (non-hydrogen) atoms. The van der Waals surface area contributed by atoms with Crippen molar-refractivity contribution in [1.82, 2.24) is 10.2 Å². The van der Waals surface area contributed by atoms with Crippen LogP contribution in [0.3, 0.4) is 0 Å². The van der Waals surface area contributed by atoms with Gasteiger partial charge >= 0.3 is 6.03 Å². The van der Waals surface area contributed by atoms with Gasteiger partial charge in [-0.25, -0.2) is 9.18 Å². The topological polar surface area (TPSA) is 52.6 Å². The number of halogens is 1. The molecule has 0 aliphatic rings. The number of urea groups is 1. The number of hydrogen-bond donors (Lipinski definition) is 3. The van der Waals surface area contributed by atoms with E-state index < -0.39 is 5.54 Å². The minimum atomic E-state index is -0.815. The number of aliphatic hydroxyl groups is 1. The van der Waals surface area contributed by atoms with Gasteiger partial charge in [-0.3, -0.25) is 0 Å². The highest BCUT2D eigenvalue weighted by Gasteiger charge is 2.37. The lowest BCUT2D eigenvalue weighted by molar-refractivity contribution is 0.0597. The summed E-state index contributed by atoms with van der Waals surface area (Å²) in [5, 5.41) is 12.5. The molecule has 0 heterocycles. The fourth-order valence-corrected chi connectivity index (χ4v) is 2.90. The largest absolute Gasteiger partial charge is 0.394 e. The van der Waals surface area contributed by atoms with Crippen LogP contribution in [0.4, 0.5) is 9.18 Å². The van der Waals surface area contributed by atoms with Crippen LogP contribution in [-0.2, 0) is 6.54 Å². The van der Waals surface area contributed by atoms with Crippen molar-refractivity contribution >= 4 is 18.7 Å². The fraction of sp³-hybridized carbons (Fsp3) is 0.471. The Morgan fingerprint density at radius 1 is 1.61 bits per heavy atom. The Morgan fingerprint density at radius 2 is 2.26 bits per heavy atom. The summed E-state index contributed by atoms with van der Waals surface area (Å²) < 4.78 is 13.5. The fourth-order valence-electron chi connectivity index (χ4n) is 2.36. The van der Waals surface area contributed by atoms with E-state index in [1.807, 2.05) is 0 Å². The monoisotopic (exact) mass is 340 g/mol. The highest BCUT2D eigenvalue weighted by Crippen LogP contribution is 2.26. The number of carbonyl (C=O) groups is 1. The Bertz CT molecular complexity index is 568. The zero-order valence-electron chi connectivity index (χ0n) is 13.8. The summed E-state index contributed by atoms with van der Waals surface area (Å²) >= 11 is 4.26. The number of nitrogens with one attached hydrogen (secondary N) is 1. The second kappa shape index (κ2) is 8.36. The first-order chi connectivity index (χ1) is 10.8. The van der Waals surface area contributed by atoms with Crippen LogP contribution in [0.15, 0.2) is 30.9 Å². The molecule has 4 nitrogen and oxygen atoms in total. The minimum absolute atomic E-state index is 0.164. The molecule has 2 atom stereocenters. The smallest absolute Gasteiger partial charge is 0.317 e. The second-order valence-corrected chi connectivity index (χ2v) is 6.15. The third-order valence-corrected chi connectivity index (χ3v) is 4.87. The van der Waals surface area contributed by atoms with E-state index in [-0.39, 0.29) is 30.9 Å². The molecule has 0 aromatic heterocycles. The van der Waals surface area contributed by atoms with Crippen molar-refractivity contribution in [3.8, 4) is 0 Å². The van der Waals surface area contributed by atoms with Gasteiger partial charge < -0.3 is 15.3 Å². The Morgan fingerprint density at radius 3 is 2.78 bits per heavy atom. The molecule has 1 aromatic rings. The maximum Gasteiger partial charge on any atom is 0.317 e. The summed E-state index contributed by atoms with van der Waals surface area (Å²) in [4.78, 5) is 13.9. The van der Waals surface area contributed by atoms with Gasteiger partial charge in [0.15, 0.2) is 0 Å². The van der Waals surface area contributed by atoms with Gasteiger partial charge in [0, 0.05) is 19.5 Å². The Kier molecular flexibility index (Phi) is 7.09. The van der Waals surface area contributed by atoms with E-state index in [1.54, 1.807) is 39.1 Å². The molecule has 1 unspecified atom stereocenters. The quantitative estimate of drug-likeness (QED) is 0.528. The number of benzene rings is 1. The first-order valence-electron chi connectivity index (χ1n) is 7.41. The van der Waals surface area contributed by atoms with Crippen LogP contribution in [0.25, 0.3) is 0 Å². The number of amides is 2. The number of aliphatic hydroxyl groups excluding tert-OH is 1. The van der Waals surface area contributed by atoms with E-state index in [2.05, 4.69) is 24.5 Å². The van der Waals surface area contributed by atoms with Crippen molar-refractivity contribution in [2.24, 2.45) is 5.92 Å². The highest BCUT2D eigenvalue weighted by atomic mass is 32.1. The van der Waals surface area contributed by atoms with Gasteiger partial charge in [0.2, 0.25) is 0 Å². The molecule has 1 rings (SSSR count). The summed E-state index contributed by atoms with van der Waals surface area (Å²) in [7, 11) is 1.62. The van der Waals surface area contributed by atoms with Gasteiger partial charge in [-0.15, -0.1) is 6.58 Å². The van der Waals surface area contributed by atoms with Crippen LogP contribution >= 0.6 is 12.6 Å². The van der Waals surface area contributed by atoms with Crippen molar-refractivity contribution < 1.29 is 14.3 Å². The summed E-state index contributed by atoms with van der Waals surface area (Å²) in [6, 6.07) is 4.42. The van der Waals surface area contributed by atoms with Crippen LogP contribution in [0.5, 0.6) is 0 Å². The van der Waals surface area contributed by atoms with E-state index in [1.165, 1.54) is 11.0 Å². The van der Waals surface area contributed by atoms with Crippen LogP contribution in [0.2, 0.25) is 0 Å². The van der Waals surface area contributed by atoms with Crippen molar-refractivity contribution in [3.63, 3.8) is 0 Å². The standard InChI is InChI=1S/C17H25FN2O2S/c1-5-14(10-23)17(3,11-21)20(4)16(22)19-9-13-7-6-8-15(18)12(13)2/h5-8,14,21,23H,1,9-11H2,2-4H3,(H,19,22)/t14?,17-/m0/s1.